The predicted octanol–water partition coefficient (Wildman–Crippen LogP) is 4.69. The summed E-state index contributed by atoms with van der Waals surface area (Å²) in [5.41, 5.74) is -0.650. The molecule has 1 N–H and O–H groups in total. The lowest BCUT2D eigenvalue weighted by atomic mass is 10.1. The standard InChI is InChI=1S/C19H14F4N2O3/c1-27-14-4-2-3-11(7-14)17-9-13(25-28-17)10-18(26)24-12-5-6-16(20)15(8-12)19(21,22)23/h2-9H,10H2,1H3,(H,24,26). The van der Waals surface area contributed by atoms with Crippen molar-refractivity contribution in [2.24, 2.45) is 0 Å². The third kappa shape index (κ3) is 4.48. The van der Waals surface area contributed by atoms with E-state index in [0.29, 0.717) is 29.2 Å². The van der Waals surface area contributed by atoms with Crippen LogP contribution in [-0.2, 0) is 17.4 Å². The van der Waals surface area contributed by atoms with Gasteiger partial charge in [-0.25, -0.2) is 4.39 Å². The van der Waals surface area contributed by atoms with Crippen molar-refractivity contribution in [3.63, 3.8) is 0 Å². The lowest BCUT2D eigenvalue weighted by Crippen LogP contribution is -2.16. The van der Waals surface area contributed by atoms with Crippen LogP contribution in [0.4, 0.5) is 23.2 Å². The summed E-state index contributed by atoms with van der Waals surface area (Å²) in [6.07, 6.45) is -5.09. The topological polar surface area (TPSA) is 64.4 Å². The largest absolute Gasteiger partial charge is 0.497 e. The third-order valence-corrected chi connectivity index (χ3v) is 3.81. The van der Waals surface area contributed by atoms with Gasteiger partial charge in [0.25, 0.3) is 0 Å². The number of nitrogens with zero attached hydrogens (tertiary/aromatic N) is 1. The van der Waals surface area contributed by atoms with E-state index < -0.39 is 23.5 Å². The number of rotatable bonds is 5. The number of hydrogen-bond acceptors (Lipinski definition) is 4. The minimum Gasteiger partial charge on any atom is -0.497 e. The fourth-order valence-electron chi connectivity index (χ4n) is 2.50. The number of carbonyl (C=O) groups excluding carboxylic acids is 1. The fraction of sp³-hybridized carbons (Fsp3) is 0.158. The van der Waals surface area contributed by atoms with E-state index in [-0.39, 0.29) is 17.8 Å². The zero-order chi connectivity index (χ0) is 20.3. The summed E-state index contributed by atoms with van der Waals surface area (Å²) in [6.45, 7) is 0. The van der Waals surface area contributed by atoms with Crippen LogP contribution >= 0.6 is 0 Å². The first-order valence-electron chi connectivity index (χ1n) is 8.03. The number of carbonyl (C=O) groups is 1. The van der Waals surface area contributed by atoms with Crippen molar-refractivity contribution < 1.29 is 31.6 Å². The van der Waals surface area contributed by atoms with Gasteiger partial charge in [-0.3, -0.25) is 4.79 Å². The average molecular weight is 394 g/mol. The molecule has 2 aromatic carbocycles. The summed E-state index contributed by atoms with van der Waals surface area (Å²) in [5.74, 6) is -1.01. The Morgan fingerprint density at radius 1 is 1.18 bits per heavy atom. The zero-order valence-corrected chi connectivity index (χ0v) is 14.5. The maximum atomic E-state index is 13.3. The molecule has 0 aliphatic carbocycles. The molecular formula is C19H14F4N2O3. The van der Waals surface area contributed by atoms with E-state index in [1.165, 1.54) is 7.11 Å². The normalized spacial score (nSPS) is 11.3. The summed E-state index contributed by atoms with van der Waals surface area (Å²) < 4.78 is 61.9. The van der Waals surface area contributed by atoms with Gasteiger partial charge >= 0.3 is 6.18 Å². The highest BCUT2D eigenvalue weighted by Gasteiger charge is 2.34. The molecule has 0 spiro atoms. The highest BCUT2D eigenvalue weighted by molar-refractivity contribution is 5.92. The van der Waals surface area contributed by atoms with Crippen LogP contribution in [0, 0.1) is 5.82 Å². The number of aromatic nitrogens is 1. The van der Waals surface area contributed by atoms with E-state index in [0.717, 1.165) is 6.07 Å². The Hall–Kier alpha value is -3.36. The van der Waals surface area contributed by atoms with Gasteiger partial charge in [0.1, 0.15) is 11.6 Å². The molecule has 3 rings (SSSR count). The molecule has 0 aliphatic rings. The Bertz CT molecular complexity index is 999. The summed E-state index contributed by atoms with van der Waals surface area (Å²) in [6, 6.07) is 10.8. The van der Waals surface area contributed by atoms with Crippen LogP contribution in [0.3, 0.4) is 0 Å². The lowest BCUT2D eigenvalue weighted by Gasteiger charge is -2.10. The maximum absolute atomic E-state index is 13.3. The molecule has 0 radical (unpaired) electrons. The van der Waals surface area contributed by atoms with Crippen LogP contribution < -0.4 is 10.1 Å². The molecule has 0 fully saturated rings. The number of benzene rings is 2. The van der Waals surface area contributed by atoms with Crippen molar-refractivity contribution in [2.45, 2.75) is 12.6 Å². The maximum Gasteiger partial charge on any atom is 0.419 e. The Balaban J connectivity index is 1.70. The van der Waals surface area contributed by atoms with E-state index in [1.54, 1.807) is 30.3 Å². The molecule has 3 aromatic rings. The van der Waals surface area contributed by atoms with E-state index in [4.69, 9.17) is 9.26 Å². The monoisotopic (exact) mass is 394 g/mol. The van der Waals surface area contributed by atoms with E-state index in [2.05, 4.69) is 10.5 Å². The Morgan fingerprint density at radius 2 is 1.96 bits per heavy atom. The van der Waals surface area contributed by atoms with Crippen molar-refractivity contribution in [2.75, 3.05) is 12.4 Å². The Kier molecular flexibility index (Phi) is 5.34. The molecule has 1 aromatic heterocycles. The number of hydrogen-bond donors (Lipinski definition) is 1. The number of amides is 1. The van der Waals surface area contributed by atoms with Crippen LogP contribution in [0.1, 0.15) is 11.3 Å². The van der Waals surface area contributed by atoms with Gasteiger partial charge in [-0.15, -0.1) is 0 Å². The van der Waals surface area contributed by atoms with Gasteiger partial charge in [-0.1, -0.05) is 17.3 Å². The Labute approximate surface area is 156 Å². The van der Waals surface area contributed by atoms with Gasteiger partial charge < -0.3 is 14.6 Å². The molecule has 28 heavy (non-hydrogen) atoms. The zero-order valence-electron chi connectivity index (χ0n) is 14.5. The molecular weight excluding hydrogens is 380 g/mol. The van der Waals surface area contributed by atoms with Gasteiger partial charge in [0.15, 0.2) is 5.76 Å². The smallest absolute Gasteiger partial charge is 0.419 e. The summed E-state index contributed by atoms with van der Waals surface area (Å²) >= 11 is 0. The van der Waals surface area contributed by atoms with Gasteiger partial charge in [-0.2, -0.15) is 13.2 Å². The fourth-order valence-corrected chi connectivity index (χ4v) is 2.50. The lowest BCUT2D eigenvalue weighted by molar-refractivity contribution is -0.140. The van der Waals surface area contributed by atoms with Crippen molar-refractivity contribution in [3.05, 3.63) is 65.6 Å². The predicted molar refractivity (Wildman–Crippen MR) is 92.2 cm³/mol. The summed E-state index contributed by atoms with van der Waals surface area (Å²) in [4.78, 5) is 12.1. The number of ether oxygens (including phenoxy) is 1. The number of alkyl halides is 3. The van der Waals surface area contributed by atoms with Gasteiger partial charge in [0.05, 0.1) is 24.8 Å². The average Bonchev–Trinajstić information content (AvgIpc) is 3.11. The van der Waals surface area contributed by atoms with E-state index in [1.807, 2.05) is 0 Å². The van der Waals surface area contributed by atoms with Gasteiger partial charge in [0.2, 0.25) is 5.91 Å². The number of halogens is 4. The minimum absolute atomic E-state index is 0.171. The molecule has 146 valence electrons. The second-order valence-corrected chi connectivity index (χ2v) is 5.83. The first-order chi connectivity index (χ1) is 13.3. The quantitative estimate of drug-likeness (QED) is 0.638. The Morgan fingerprint density at radius 3 is 2.68 bits per heavy atom. The first kappa shape index (κ1) is 19.4. The third-order valence-electron chi connectivity index (χ3n) is 3.81. The highest BCUT2D eigenvalue weighted by atomic mass is 19.4. The number of methoxy groups -OCH3 is 1. The van der Waals surface area contributed by atoms with Crippen molar-refractivity contribution in [1.82, 2.24) is 5.16 Å². The summed E-state index contributed by atoms with van der Waals surface area (Å²) in [7, 11) is 1.52. The molecule has 0 aliphatic heterocycles. The van der Waals surface area contributed by atoms with Gasteiger partial charge in [-0.05, 0) is 30.3 Å². The minimum atomic E-state index is -4.86. The highest BCUT2D eigenvalue weighted by Crippen LogP contribution is 2.33. The molecule has 1 heterocycles. The van der Waals surface area contributed by atoms with Crippen LogP contribution in [0.5, 0.6) is 5.75 Å². The molecule has 0 saturated heterocycles. The second-order valence-electron chi connectivity index (χ2n) is 5.83. The first-order valence-corrected chi connectivity index (χ1v) is 8.03. The number of anilines is 1. The van der Waals surface area contributed by atoms with Crippen molar-refractivity contribution in [3.8, 4) is 17.1 Å². The van der Waals surface area contributed by atoms with Crippen molar-refractivity contribution >= 4 is 11.6 Å². The molecule has 9 heteroatoms. The van der Waals surface area contributed by atoms with Crippen molar-refractivity contribution in [1.29, 1.82) is 0 Å². The van der Waals surface area contributed by atoms with Crippen LogP contribution in [-0.4, -0.2) is 18.2 Å². The van der Waals surface area contributed by atoms with Crippen LogP contribution in [0.15, 0.2) is 53.1 Å². The van der Waals surface area contributed by atoms with Gasteiger partial charge in [0, 0.05) is 17.3 Å². The molecule has 0 bridgehead atoms. The van der Waals surface area contributed by atoms with E-state index >= 15 is 0 Å². The second kappa shape index (κ2) is 7.71. The SMILES string of the molecule is COc1cccc(-c2cc(CC(=O)Nc3ccc(F)c(C(F)(F)F)c3)no2)c1. The molecule has 1 amide bonds. The molecule has 5 nitrogen and oxygen atoms in total. The molecule has 0 atom stereocenters. The van der Waals surface area contributed by atoms with Crippen LogP contribution in [0.25, 0.3) is 11.3 Å². The van der Waals surface area contributed by atoms with E-state index in [9.17, 15) is 22.4 Å². The van der Waals surface area contributed by atoms with Crippen LogP contribution in [0.2, 0.25) is 0 Å². The molecule has 0 saturated carbocycles. The molecule has 0 unspecified atom stereocenters. The summed E-state index contributed by atoms with van der Waals surface area (Å²) in [5, 5.41) is 6.07. The number of nitrogens with one attached hydrogen (secondary N) is 1.